The third kappa shape index (κ3) is 4.67. The number of urea groups is 1. The maximum absolute atomic E-state index is 12.9. The summed E-state index contributed by atoms with van der Waals surface area (Å²) >= 11 is 0. The van der Waals surface area contributed by atoms with Crippen LogP contribution in [0.2, 0.25) is 0 Å². The summed E-state index contributed by atoms with van der Waals surface area (Å²) in [6, 6.07) is 14.5. The third-order valence-electron chi connectivity index (χ3n) is 5.04. The molecule has 6 nitrogen and oxygen atoms in total. The molecule has 28 heavy (non-hydrogen) atoms. The minimum atomic E-state index is -1.08. The summed E-state index contributed by atoms with van der Waals surface area (Å²) in [5.41, 5.74) is 6.54. The highest BCUT2D eigenvalue weighted by atomic mass is 19.1. The number of carbonyl (C=O) groups excluding carboxylic acids is 2. The molecule has 1 aliphatic rings. The van der Waals surface area contributed by atoms with E-state index in [-0.39, 0.29) is 23.8 Å². The molecule has 0 bridgehead atoms. The molecule has 1 atom stereocenters. The number of likely N-dealkylation sites (tertiary alicyclic amines) is 1. The van der Waals surface area contributed by atoms with E-state index in [4.69, 9.17) is 5.73 Å². The number of nitrogens with zero attached hydrogens (tertiary/aromatic N) is 1. The first kappa shape index (κ1) is 19.8. The van der Waals surface area contributed by atoms with Crippen molar-refractivity contribution in [2.24, 2.45) is 5.73 Å². The van der Waals surface area contributed by atoms with Gasteiger partial charge in [-0.3, -0.25) is 4.79 Å². The first-order chi connectivity index (χ1) is 13.4. The second-order valence-electron chi connectivity index (χ2n) is 7.24. The van der Waals surface area contributed by atoms with E-state index in [0.29, 0.717) is 31.6 Å². The lowest BCUT2D eigenvalue weighted by atomic mass is 9.90. The van der Waals surface area contributed by atoms with Crippen molar-refractivity contribution in [3.63, 3.8) is 0 Å². The maximum Gasteiger partial charge on any atom is 0.319 e. The standard InChI is InChI=1S/C21H25FN4O2/c1-21(23,15-5-3-2-4-6-15)19(27)26-13-11-18(12-14-26)25-20(28)24-17-9-7-16(22)8-10-17/h2-10,18H,11-14,23H2,1H3,(H2,24,25,28). The van der Waals surface area contributed by atoms with Crippen molar-refractivity contribution in [3.05, 3.63) is 66.0 Å². The van der Waals surface area contributed by atoms with Crippen LogP contribution in [-0.4, -0.2) is 36.0 Å². The average molecular weight is 384 g/mol. The molecule has 2 aromatic rings. The van der Waals surface area contributed by atoms with Crippen LogP contribution < -0.4 is 16.4 Å². The van der Waals surface area contributed by atoms with E-state index >= 15 is 0 Å². The quantitative estimate of drug-likeness (QED) is 0.757. The van der Waals surface area contributed by atoms with E-state index in [9.17, 15) is 14.0 Å². The Morgan fingerprint density at radius 2 is 1.68 bits per heavy atom. The Bertz CT molecular complexity index is 816. The highest BCUT2D eigenvalue weighted by molar-refractivity contribution is 5.89. The molecule has 148 valence electrons. The SMILES string of the molecule is CC(N)(C(=O)N1CCC(NC(=O)Nc2ccc(F)cc2)CC1)c1ccccc1. The van der Waals surface area contributed by atoms with Crippen LogP contribution in [0.1, 0.15) is 25.3 Å². The number of carbonyl (C=O) groups is 2. The molecule has 0 spiro atoms. The van der Waals surface area contributed by atoms with E-state index in [1.165, 1.54) is 24.3 Å². The van der Waals surface area contributed by atoms with Crippen LogP contribution in [-0.2, 0) is 10.3 Å². The molecule has 0 radical (unpaired) electrons. The van der Waals surface area contributed by atoms with Crippen LogP contribution in [0.25, 0.3) is 0 Å². The van der Waals surface area contributed by atoms with E-state index in [1.807, 2.05) is 30.3 Å². The van der Waals surface area contributed by atoms with Crippen molar-refractivity contribution in [1.29, 1.82) is 0 Å². The molecule has 0 aromatic heterocycles. The van der Waals surface area contributed by atoms with Gasteiger partial charge in [0.25, 0.3) is 0 Å². The molecule has 1 fully saturated rings. The van der Waals surface area contributed by atoms with Gasteiger partial charge in [-0.25, -0.2) is 9.18 Å². The fourth-order valence-corrected chi connectivity index (χ4v) is 3.35. The second kappa shape index (κ2) is 8.39. The third-order valence-corrected chi connectivity index (χ3v) is 5.04. The van der Waals surface area contributed by atoms with Crippen LogP contribution in [0.3, 0.4) is 0 Å². The van der Waals surface area contributed by atoms with E-state index in [1.54, 1.807) is 11.8 Å². The van der Waals surface area contributed by atoms with Crippen LogP contribution in [0.4, 0.5) is 14.9 Å². The molecule has 2 aromatic carbocycles. The van der Waals surface area contributed by atoms with Gasteiger partial charge >= 0.3 is 6.03 Å². The molecular formula is C21H25FN4O2. The average Bonchev–Trinajstić information content (AvgIpc) is 2.70. The lowest BCUT2D eigenvalue weighted by Gasteiger charge is -2.37. The predicted molar refractivity (Wildman–Crippen MR) is 106 cm³/mol. The normalized spacial score (nSPS) is 16.9. The Balaban J connectivity index is 1.50. The molecule has 3 rings (SSSR count). The zero-order valence-corrected chi connectivity index (χ0v) is 15.8. The molecule has 1 aliphatic heterocycles. The number of hydrogen-bond acceptors (Lipinski definition) is 3. The van der Waals surface area contributed by atoms with Crippen LogP contribution in [0, 0.1) is 5.82 Å². The molecule has 1 saturated heterocycles. The molecule has 1 unspecified atom stereocenters. The first-order valence-corrected chi connectivity index (χ1v) is 9.33. The lowest BCUT2D eigenvalue weighted by Crippen LogP contribution is -2.55. The number of halogens is 1. The molecule has 3 amide bonds. The van der Waals surface area contributed by atoms with Crippen molar-refractivity contribution < 1.29 is 14.0 Å². The summed E-state index contributed by atoms with van der Waals surface area (Å²) in [4.78, 5) is 26.8. The molecule has 0 saturated carbocycles. The lowest BCUT2D eigenvalue weighted by molar-refractivity contribution is -0.137. The number of nitrogens with two attached hydrogens (primary N) is 1. The Hall–Kier alpha value is -2.93. The van der Waals surface area contributed by atoms with Gasteiger partial charge in [0.15, 0.2) is 0 Å². The number of rotatable bonds is 4. The fourth-order valence-electron chi connectivity index (χ4n) is 3.35. The molecular weight excluding hydrogens is 359 g/mol. The smallest absolute Gasteiger partial charge is 0.319 e. The van der Waals surface area contributed by atoms with Gasteiger partial charge in [-0.1, -0.05) is 30.3 Å². The number of amides is 3. The van der Waals surface area contributed by atoms with E-state index in [2.05, 4.69) is 10.6 Å². The second-order valence-corrected chi connectivity index (χ2v) is 7.24. The fraction of sp³-hybridized carbons (Fsp3) is 0.333. The van der Waals surface area contributed by atoms with E-state index < -0.39 is 5.54 Å². The van der Waals surface area contributed by atoms with Gasteiger partial charge in [0.1, 0.15) is 11.4 Å². The van der Waals surface area contributed by atoms with Crippen molar-refractivity contribution in [1.82, 2.24) is 10.2 Å². The van der Waals surface area contributed by atoms with Gasteiger partial charge in [0.05, 0.1) is 0 Å². The highest BCUT2D eigenvalue weighted by Crippen LogP contribution is 2.23. The van der Waals surface area contributed by atoms with Crippen molar-refractivity contribution in [2.45, 2.75) is 31.3 Å². The number of piperidine rings is 1. The van der Waals surface area contributed by atoms with Crippen LogP contribution in [0.5, 0.6) is 0 Å². The van der Waals surface area contributed by atoms with Gasteiger partial charge in [-0.2, -0.15) is 0 Å². The summed E-state index contributed by atoms with van der Waals surface area (Å²) in [6.45, 7) is 2.78. The van der Waals surface area contributed by atoms with Crippen molar-refractivity contribution in [2.75, 3.05) is 18.4 Å². The summed E-state index contributed by atoms with van der Waals surface area (Å²) in [6.07, 6.45) is 1.29. The first-order valence-electron chi connectivity index (χ1n) is 9.33. The van der Waals surface area contributed by atoms with Crippen LogP contribution >= 0.6 is 0 Å². The molecule has 0 aliphatic carbocycles. The van der Waals surface area contributed by atoms with Gasteiger partial charge in [0.2, 0.25) is 5.91 Å². The van der Waals surface area contributed by atoms with E-state index in [0.717, 1.165) is 5.56 Å². The summed E-state index contributed by atoms with van der Waals surface area (Å²) in [7, 11) is 0. The summed E-state index contributed by atoms with van der Waals surface area (Å²) in [5.74, 6) is -0.474. The van der Waals surface area contributed by atoms with Gasteiger partial charge in [0, 0.05) is 24.8 Å². The summed E-state index contributed by atoms with van der Waals surface area (Å²) in [5, 5.41) is 5.58. The molecule has 4 N–H and O–H groups in total. The molecule has 1 heterocycles. The number of nitrogens with one attached hydrogen (secondary N) is 2. The monoisotopic (exact) mass is 384 g/mol. The van der Waals surface area contributed by atoms with Crippen LogP contribution in [0.15, 0.2) is 54.6 Å². The topological polar surface area (TPSA) is 87.5 Å². The predicted octanol–water partition coefficient (Wildman–Crippen LogP) is 2.81. The number of anilines is 1. The van der Waals surface area contributed by atoms with Gasteiger partial charge in [-0.15, -0.1) is 0 Å². The largest absolute Gasteiger partial charge is 0.341 e. The minimum Gasteiger partial charge on any atom is -0.341 e. The molecule has 7 heteroatoms. The van der Waals surface area contributed by atoms with Gasteiger partial charge in [-0.05, 0) is 49.6 Å². The Morgan fingerprint density at radius 1 is 1.07 bits per heavy atom. The van der Waals surface area contributed by atoms with Crippen molar-refractivity contribution in [3.8, 4) is 0 Å². The maximum atomic E-state index is 12.9. The Morgan fingerprint density at radius 3 is 2.29 bits per heavy atom. The zero-order valence-electron chi connectivity index (χ0n) is 15.8. The number of hydrogen-bond donors (Lipinski definition) is 3. The zero-order chi connectivity index (χ0) is 20.1. The minimum absolute atomic E-state index is 0.0368. The summed E-state index contributed by atoms with van der Waals surface area (Å²) < 4.78 is 12.9. The Labute approximate surface area is 163 Å². The number of benzene rings is 2. The van der Waals surface area contributed by atoms with Gasteiger partial charge < -0.3 is 21.3 Å². The Kier molecular flexibility index (Phi) is 5.94. The highest BCUT2D eigenvalue weighted by Gasteiger charge is 2.36. The van der Waals surface area contributed by atoms with Crippen molar-refractivity contribution >= 4 is 17.6 Å².